The van der Waals surface area contributed by atoms with Crippen molar-refractivity contribution in [2.75, 3.05) is 11.4 Å². The van der Waals surface area contributed by atoms with Crippen molar-refractivity contribution in [3.05, 3.63) is 17.0 Å². The standard InChI is InChI=1S/C11H14ClN3O/c12-10-9(5-16)11(14-6-13-10)15-4-7-1-2-8(15)3-7/h6-8,16H,1-5H2. The molecule has 2 unspecified atom stereocenters. The molecule has 0 spiro atoms. The van der Waals surface area contributed by atoms with Crippen molar-refractivity contribution in [1.29, 1.82) is 0 Å². The molecule has 1 aromatic rings. The second-order valence-corrected chi connectivity index (χ2v) is 4.97. The molecule has 4 nitrogen and oxygen atoms in total. The molecule has 2 fully saturated rings. The fourth-order valence-corrected chi connectivity index (χ4v) is 3.14. The zero-order valence-electron chi connectivity index (χ0n) is 8.93. The largest absolute Gasteiger partial charge is 0.391 e. The number of aliphatic hydroxyl groups excluding tert-OH is 1. The summed E-state index contributed by atoms with van der Waals surface area (Å²) in [6.07, 6.45) is 5.29. The van der Waals surface area contributed by atoms with E-state index in [1.54, 1.807) is 0 Å². The fourth-order valence-electron chi connectivity index (χ4n) is 2.95. The van der Waals surface area contributed by atoms with Crippen LogP contribution in [-0.4, -0.2) is 27.7 Å². The SMILES string of the molecule is OCc1c(Cl)ncnc1N1CC2CCC1C2. The van der Waals surface area contributed by atoms with E-state index in [0.717, 1.165) is 18.3 Å². The lowest BCUT2D eigenvalue weighted by molar-refractivity contribution is 0.281. The summed E-state index contributed by atoms with van der Waals surface area (Å²) in [5.41, 5.74) is 0.664. The molecule has 0 aromatic carbocycles. The molecule has 2 atom stereocenters. The predicted molar refractivity (Wildman–Crippen MR) is 61.4 cm³/mol. The predicted octanol–water partition coefficient (Wildman–Crippen LogP) is 1.61. The molecular formula is C11H14ClN3O. The van der Waals surface area contributed by atoms with E-state index in [9.17, 15) is 5.11 Å². The molecule has 2 heterocycles. The van der Waals surface area contributed by atoms with Crippen LogP contribution < -0.4 is 4.90 Å². The van der Waals surface area contributed by atoms with Gasteiger partial charge in [-0.2, -0.15) is 0 Å². The van der Waals surface area contributed by atoms with Crippen LogP contribution in [0.4, 0.5) is 5.82 Å². The molecule has 1 aliphatic carbocycles. The number of anilines is 1. The van der Waals surface area contributed by atoms with Crippen LogP contribution in [0.15, 0.2) is 6.33 Å². The van der Waals surface area contributed by atoms with E-state index in [-0.39, 0.29) is 6.61 Å². The Balaban J connectivity index is 1.97. The van der Waals surface area contributed by atoms with Gasteiger partial charge in [-0.3, -0.25) is 0 Å². The van der Waals surface area contributed by atoms with Gasteiger partial charge in [0.2, 0.25) is 0 Å². The number of rotatable bonds is 2. The molecule has 1 N–H and O–H groups in total. The molecule has 3 rings (SSSR count). The van der Waals surface area contributed by atoms with Crippen LogP contribution in [0.1, 0.15) is 24.8 Å². The van der Waals surface area contributed by atoms with E-state index in [0.29, 0.717) is 16.8 Å². The van der Waals surface area contributed by atoms with Crippen molar-refractivity contribution in [3.8, 4) is 0 Å². The van der Waals surface area contributed by atoms with Crippen molar-refractivity contribution in [2.45, 2.75) is 31.9 Å². The number of halogens is 1. The van der Waals surface area contributed by atoms with Gasteiger partial charge in [0.25, 0.3) is 0 Å². The van der Waals surface area contributed by atoms with Gasteiger partial charge in [0.1, 0.15) is 17.3 Å². The number of fused-ring (bicyclic) bond motifs is 2. The van der Waals surface area contributed by atoms with Gasteiger partial charge >= 0.3 is 0 Å². The first-order chi connectivity index (χ1) is 7.79. The number of piperidine rings is 1. The summed E-state index contributed by atoms with van der Waals surface area (Å²) in [5.74, 6) is 1.62. The monoisotopic (exact) mass is 239 g/mol. The molecule has 1 saturated carbocycles. The molecule has 1 saturated heterocycles. The summed E-state index contributed by atoms with van der Waals surface area (Å²) < 4.78 is 0. The maximum Gasteiger partial charge on any atom is 0.140 e. The molecule has 1 aliphatic heterocycles. The number of nitrogens with zero attached hydrogens (tertiary/aromatic N) is 3. The first kappa shape index (κ1) is 10.3. The second kappa shape index (κ2) is 3.86. The maximum atomic E-state index is 9.34. The number of aromatic nitrogens is 2. The van der Waals surface area contributed by atoms with Gasteiger partial charge in [-0.15, -0.1) is 0 Å². The minimum atomic E-state index is -0.0944. The van der Waals surface area contributed by atoms with Crippen molar-refractivity contribution in [3.63, 3.8) is 0 Å². The van der Waals surface area contributed by atoms with Gasteiger partial charge in [-0.1, -0.05) is 11.6 Å². The van der Waals surface area contributed by atoms with Gasteiger partial charge in [0.05, 0.1) is 12.2 Å². The lowest BCUT2D eigenvalue weighted by Crippen LogP contribution is -2.33. The Morgan fingerprint density at radius 2 is 2.31 bits per heavy atom. The number of hydrogen-bond donors (Lipinski definition) is 1. The fraction of sp³-hybridized carbons (Fsp3) is 0.636. The lowest BCUT2D eigenvalue weighted by atomic mass is 10.1. The van der Waals surface area contributed by atoms with Crippen LogP contribution in [0, 0.1) is 5.92 Å². The van der Waals surface area contributed by atoms with E-state index in [1.165, 1.54) is 25.6 Å². The number of hydrogen-bond acceptors (Lipinski definition) is 4. The Labute approximate surface area is 99.3 Å². The topological polar surface area (TPSA) is 49.3 Å². The zero-order chi connectivity index (χ0) is 11.1. The van der Waals surface area contributed by atoms with E-state index in [1.807, 2.05) is 0 Å². The third-order valence-electron chi connectivity index (χ3n) is 3.71. The maximum absolute atomic E-state index is 9.34. The third-order valence-corrected chi connectivity index (χ3v) is 4.04. The Morgan fingerprint density at radius 3 is 2.94 bits per heavy atom. The Hall–Kier alpha value is -0.870. The van der Waals surface area contributed by atoms with Crippen LogP contribution in [0.5, 0.6) is 0 Å². The van der Waals surface area contributed by atoms with Gasteiger partial charge in [0.15, 0.2) is 0 Å². The van der Waals surface area contributed by atoms with Gasteiger partial charge in [-0.05, 0) is 25.2 Å². The van der Waals surface area contributed by atoms with E-state index >= 15 is 0 Å². The van der Waals surface area contributed by atoms with Gasteiger partial charge in [-0.25, -0.2) is 9.97 Å². The minimum Gasteiger partial charge on any atom is -0.391 e. The molecule has 2 bridgehead atoms. The molecule has 0 amide bonds. The highest BCUT2D eigenvalue weighted by Crippen LogP contribution is 2.41. The van der Waals surface area contributed by atoms with E-state index in [4.69, 9.17) is 11.6 Å². The van der Waals surface area contributed by atoms with Crippen molar-refractivity contribution < 1.29 is 5.11 Å². The molecular weight excluding hydrogens is 226 g/mol. The van der Waals surface area contributed by atoms with E-state index < -0.39 is 0 Å². The Bertz CT molecular complexity index is 412. The van der Waals surface area contributed by atoms with Crippen molar-refractivity contribution in [2.24, 2.45) is 5.92 Å². The summed E-state index contributed by atoms with van der Waals surface area (Å²) in [5, 5.41) is 9.71. The Kier molecular flexibility index (Phi) is 2.48. The lowest BCUT2D eigenvalue weighted by Gasteiger charge is -2.29. The van der Waals surface area contributed by atoms with Crippen LogP contribution >= 0.6 is 11.6 Å². The van der Waals surface area contributed by atoms with Crippen LogP contribution in [-0.2, 0) is 6.61 Å². The summed E-state index contributed by atoms with van der Waals surface area (Å²) in [4.78, 5) is 10.5. The first-order valence-electron chi connectivity index (χ1n) is 5.66. The smallest absolute Gasteiger partial charge is 0.140 e. The average molecular weight is 240 g/mol. The molecule has 5 heteroatoms. The summed E-state index contributed by atoms with van der Waals surface area (Å²) in [6.45, 7) is 0.952. The van der Waals surface area contributed by atoms with Crippen molar-refractivity contribution >= 4 is 17.4 Å². The highest BCUT2D eigenvalue weighted by atomic mass is 35.5. The Morgan fingerprint density at radius 1 is 1.44 bits per heavy atom. The quantitative estimate of drug-likeness (QED) is 0.797. The zero-order valence-corrected chi connectivity index (χ0v) is 9.69. The first-order valence-corrected chi connectivity index (χ1v) is 6.04. The summed E-state index contributed by atoms with van der Waals surface area (Å²) in [7, 11) is 0. The highest BCUT2D eigenvalue weighted by Gasteiger charge is 2.39. The van der Waals surface area contributed by atoms with E-state index in [2.05, 4.69) is 14.9 Å². The van der Waals surface area contributed by atoms with Crippen LogP contribution in [0.25, 0.3) is 0 Å². The molecule has 16 heavy (non-hydrogen) atoms. The van der Waals surface area contributed by atoms with Crippen LogP contribution in [0.2, 0.25) is 5.15 Å². The number of aliphatic hydroxyl groups is 1. The molecule has 86 valence electrons. The average Bonchev–Trinajstić information content (AvgIpc) is 2.90. The van der Waals surface area contributed by atoms with Crippen molar-refractivity contribution in [1.82, 2.24) is 9.97 Å². The third kappa shape index (κ3) is 1.48. The summed E-state index contributed by atoms with van der Waals surface area (Å²) >= 11 is 5.97. The summed E-state index contributed by atoms with van der Waals surface area (Å²) in [6, 6.07) is 0.585. The van der Waals surface area contributed by atoms with Gasteiger partial charge in [0, 0.05) is 12.6 Å². The molecule has 1 aromatic heterocycles. The normalized spacial score (nSPS) is 27.8. The second-order valence-electron chi connectivity index (χ2n) is 4.61. The van der Waals surface area contributed by atoms with Gasteiger partial charge < -0.3 is 10.0 Å². The highest BCUT2D eigenvalue weighted by molar-refractivity contribution is 6.30. The minimum absolute atomic E-state index is 0.0944. The van der Waals surface area contributed by atoms with Crippen LogP contribution in [0.3, 0.4) is 0 Å². The molecule has 0 radical (unpaired) electrons. The molecule has 2 aliphatic rings.